The lowest BCUT2D eigenvalue weighted by atomic mass is 9.97. The minimum atomic E-state index is 0.657. The van der Waals surface area contributed by atoms with E-state index in [0.29, 0.717) is 5.95 Å². The van der Waals surface area contributed by atoms with Gasteiger partial charge in [-0.25, -0.2) is 9.97 Å². The third kappa shape index (κ3) is 5.03. The van der Waals surface area contributed by atoms with Gasteiger partial charge >= 0.3 is 0 Å². The average Bonchev–Trinajstić information content (AvgIpc) is 4.02. The van der Waals surface area contributed by atoms with E-state index in [2.05, 4.69) is 215 Å². The molecule has 14 aromatic rings. The Kier molecular flexibility index (Phi) is 7.24. The van der Waals surface area contributed by atoms with Gasteiger partial charge < -0.3 is 4.57 Å². The van der Waals surface area contributed by atoms with Crippen molar-refractivity contribution in [3.05, 3.63) is 206 Å². The summed E-state index contributed by atoms with van der Waals surface area (Å²) in [5.74, 6) is 0.657. The first-order valence-electron chi connectivity index (χ1n) is 21.4. The largest absolute Gasteiger partial charge is 0.309 e. The van der Waals surface area contributed by atoms with Crippen molar-refractivity contribution in [2.45, 2.75) is 0 Å². The van der Waals surface area contributed by atoms with Crippen molar-refractivity contribution in [1.29, 1.82) is 0 Å². The van der Waals surface area contributed by atoms with Crippen LogP contribution in [0.4, 0.5) is 0 Å². The van der Waals surface area contributed by atoms with Crippen molar-refractivity contribution >= 4 is 108 Å². The van der Waals surface area contributed by atoms with E-state index < -0.39 is 0 Å². The molecule has 0 saturated carbocycles. The summed E-state index contributed by atoms with van der Waals surface area (Å²) in [5.41, 5.74) is 11.0. The maximum Gasteiger partial charge on any atom is 0.235 e. The third-order valence-electron chi connectivity index (χ3n) is 13.1. The fraction of sp³-hybridized carbons (Fsp3) is 0. The molecule has 0 unspecified atom stereocenters. The van der Waals surface area contributed by atoms with E-state index in [9.17, 15) is 0 Å². The van der Waals surface area contributed by atoms with E-state index in [1.165, 1.54) is 79.9 Å². The van der Waals surface area contributed by atoms with Gasteiger partial charge in [-0.05, 0) is 99.4 Å². The molecule has 0 aliphatic rings. The number of hydrogen-bond acceptors (Lipinski definition) is 3. The van der Waals surface area contributed by atoms with Gasteiger partial charge in [-0.15, -0.1) is 11.3 Å². The number of fused-ring (bicyclic) bond motifs is 14. The van der Waals surface area contributed by atoms with Gasteiger partial charge in [0.2, 0.25) is 5.95 Å². The first-order valence-corrected chi connectivity index (χ1v) is 22.2. The van der Waals surface area contributed by atoms with E-state index >= 15 is 0 Å². The van der Waals surface area contributed by atoms with Crippen LogP contribution in [-0.4, -0.2) is 19.1 Å². The lowest BCUT2D eigenvalue weighted by Crippen LogP contribution is -2.03. The van der Waals surface area contributed by atoms with Gasteiger partial charge in [-0.3, -0.25) is 4.57 Å². The molecule has 0 amide bonds. The van der Waals surface area contributed by atoms with E-state index in [1.54, 1.807) is 0 Å². The molecule has 0 saturated heterocycles. The minimum absolute atomic E-state index is 0.657. The van der Waals surface area contributed by atoms with Crippen molar-refractivity contribution in [2.75, 3.05) is 0 Å². The maximum atomic E-state index is 5.65. The first kappa shape index (κ1) is 34.6. The first-order chi connectivity index (χ1) is 31.2. The van der Waals surface area contributed by atoms with Crippen molar-refractivity contribution in [3.8, 4) is 34.0 Å². The summed E-state index contributed by atoms with van der Waals surface area (Å²) >= 11 is 1.85. The van der Waals surface area contributed by atoms with Crippen LogP contribution in [0.1, 0.15) is 0 Å². The summed E-state index contributed by atoms with van der Waals surface area (Å²) < 4.78 is 7.18. The molecule has 10 aromatic carbocycles. The highest BCUT2D eigenvalue weighted by Crippen LogP contribution is 2.46. The lowest BCUT2D eigenvalue weighted by molar-refractivity contribution is 1.01. The predicted molar refractivity (Wildman–Crippen MR) is 267 cm³/mol. The Morgan fingerprint density at radius 2 is 0.968 bits per heavy atom. The van der Waals surface area contributed by atoms with Crippen LogP contribution in [0.2, 0.25) is 0 Å². The van der Waals surface area contributed by atoms with Crippen molar-refractivity contribution in [1.82, 2.24) is 19.1 Å². The summed E-state index contributed by atoms with van der Waals surface area (Å²) in [6.07, 6.45) is 0. The molecule has 0 aliphatic carbocycles. The van der Waals surface area contributed by atoms with Gasteiger partial charge in [0.1, 0.15) is 0 Å². The zero-order valence-corrected chi connectivity index (χ0v) is 34.6. The fourth-order valence-corrected chi connectivity index (χ4v) is 11.5. The molecule has 292 valence electrons. The van der Waals surface area contributed by atoms with Crippen molar-refractivity contribution in [3.63, 3.8) is 0 Å². The Morgan fingerprint density at radius 3 is 1.79 bits per heavy atom. The van der Waals surface area contributed by atoms with Crippen LogP contribution < -0.4 is 0 Å². The summed E-state index contributed by atoms with van der Waals surface area (Å²) in [7, 11) is 0. The Bertz CT molecular complexity index is 4210. The van der Waals surface area contributed by atoms with Crippen LogP contribution in [0.3, 0.4) is 0 Å². The highest BCUT2D eigenvalue weighted by Gasteiger charge is 2.22. The minimum Gasteiger partial charge on any atom is -0.309 e. The van der Waals surface area contributed by atoms with E-state index in [1.807, 2.05) is 11.3 Å². The molecule has 4 heterocycles. The third-order valence-corrected chi connectivity index (χ3v) is 14.3. The second-order valence-corrected chi connectivity index (χ2v) is 17.6. The zero-order valence-electron chi connectivity index (χ0n) is 33.8. The number of benzene rings is 10. The Labute approximate surface area is 365 Å². The Morgan fingerprint density at radius 1 is 0.365 bits per heavy atom. The monoisotopic (exact) mass is 818 g/mol. The standard InChI is InChI=1S/C58H34N4S/c1-2-16-39(17-3-1)61-49-24-12-9-20-42(49)45-32-36(27-29-50(45)61)37-28-30-51-46(33-37)54-40-18-6-4-14-35(40)26-31-52(54)62(51)58-59-48-23-11-8-21-43(48)56(60-58)47-34-38-15-5-7-19-41(38)55-44-22-10-13-25-53(44)63-57(47)55/h1-34H. The zero-order chi connectivity index (χ0) is 41.2. The normalized spacial score (nSPS) is 12.1. The van der Waals surface area contributed by atoms with E-state index in [0.717, 1.165) is 44.4 Å². The summed E-state index contributed by atoms with van der Waals surface area (Å²) in [4.78, 5) is 11.0. The van der Waals surface area contributed by atoms with Crippen LogP contribution in [-0.2, 0) is 0 Å². The van der Waals surface area contributed by atoms with Crippen molar-refractivity contribution in [2.24, 2.45) is 0 Å². The molecule has 5 heteroatoms. The molecule has 0 radical (unpaired) electrons. The number of rotatable bonds is 4. The van der Waals surface area contributed by atoms with Gasteiger partial charge in [0.25, 0.3) is 0 Å². The quantitative estimate of drug-likeness (QED) is 0.177. The summed E-state index contributed by atoms with van der Waals surface area (Å²) in [6, 6.07) is 74.8. The van der Waals surface area contributed by atoms with Crippen LogP contribution in [0.5, 0.6) is 0 Å². The molecule has 0 atom stereocenters. The van der Waals surface area contributed by atoms with Crippen LogP contribution in [0, 0.1) is 0 Å². The van der Waals surface area contributed by atoms with E-state index in [-0.39, 0.29) is 0 Å². The summed E-state index contributed by atoms with van der Waals surface area (Å²) in [6.45, 7) is 0. The topological polar surface area (TPSA) is 35.6 Å². The number of thiophene rings is 1. The molecule has 4 nitrogen and oxygen atoms in total. The van der Waals surface area contributed by atoms with Gasteiger partial charge in [-0.2, -0.15) is 0 Å². The van der Waals surface area contributed by atoms with Crippen molar-refractivity contribution < 1.29 is 0 Å². The average molecular weight is 819 g/mol. The number of aromatic nitrogens is 4. The van der Waals surface area contributed by atoms with Gasteiger partial charge in [0.15, 0.2) is 0 Å². The molecule has 14 rings (SSSR count). The Balaban J connectivity index is 1.03. The maximum absolute atomic E-state index is 5.65. The SMILES string of the molecule is c1ccc(-n2c3ccccc3c3cc(-c4ccc5c(c4)c4c6ccccc6ccc4n5-c4nc(-c5cc6ccccc6c6c5sc5ccccc56)c5ccccc5n4)ccc32)cc1. The highest BCUT2D eigenvalue weighted by molar-refractivity contribution is 7.26. The molecular weight excluding hydrogens is 785 g/mol. The summed E-state index contributed by atoms with van der Waals surface area (Å²) in [5, 5.41) is 13.3. The second-order valence-electron chi connectivity index (χ2n) is 16.5. The van der Waals surface area contributed by atoms with Gasteiger partial charge in [-0.1, -0.05) is 140 Å². The van der Waals surface area contributed by atoms with Crippen LogP contribution >= 0.6 is 11.3 Å². The molecule has 0 aliphatic heterocycles. The number of nitrogens with zero attached hydrogens (tertiary/aromatic N) is 4. The molecule has 4 aromatic heterocycles. The van der Waals surface area contributed by atoms with Crippen LogP contribution in [0.25, 0.3) is 130 Å². The molecule has 0 N–H and O–H groups in total. The Hall–Kier alpha value is -8.12. The number of para-hydroxylation sites is 3. The molecule has 0 spiro atoms. The second kappa shape index (κ2) is 13.2. The molecule has 0 bridgehead atoms. The molecule has 63 heavy (non-hydrogen) atoms. The predicted octanol–water partition coefficient (Wildman–Crippen LogP) is 15.8. The highest BCUT2D eigenvalue weighted by atomic mass is 32.1. The fourth-order valence-electron chi connectivity index (χ4n) is 10.3. The molecule has 0 fully saturated rings. The van der Waals surface area contributed by atoms with E-state index in [4.69, 9.17) is 9.97 Å². The van der Waals surface area contributed by atoms with Gasteiger partial charge in [0.05, 0.1) is 33.3 Å². The number of hydrogen-bond donors (Lipinski definition) is 0. The van der Waals surface area contributed by atoms with Crippen LogP contribution in [0.15, 0.2) is 206 Å². The van der Waals surface area contributed by atoms with Gasteiger partial charge in [0, 0.05) is 58.4 Å². The molecular formula is C58H34N4S. The smallest absolute Gasteiger partial charge is 0.235 e. The lowest BCUT2D eigenvalue weighted by Gasteiger charge is -2.13.